The Morgan fingerprint density at radius 1 is 1.04 bits per heavy atom. The Labute approximate surface area is 146 Å². The van der Waals surface area contributed by atoms with Gasteiger partial charge in [-0.15, -0.1) is 0 Å². The number of hydrogen-bond acceptors (Lipinski definition) is 2. The predicted molar refractivity (Wildman–Crippen MR) is 99.3 cm³/mol. The zero-order chi connectivity index (χ0) is 17.5. The zero-order valence-electron chi connectivity index (χ0n) is 14.2. The minimum absolute atomic E-state index is 0.169. The van der Waals surface area contributed by atoms with E-state index in [0.29, 0.717) is 31.0 Å². The minimum atomic E-state index is -0.169. The van der Waals surface area contributed by atoms with Crippen LogP contribution in [0, 0.1) is 5.82 Å². The van der Waals surface area contributed by atoms with Gasteiger partial charge in [-0.2, -0.15) is 0 Å². The van der Waals surface area contributed by atoms with E-state index in [4.69, 9.17) is 0 Å². The average Bonchev–Trinajstić information content (AvgIpc) is 3.04. The van der Waals surface area contributed by atoms with Crippen LogP contribution in [0.4, 0.5) is 4.39 Å². The van der Waals surface area contributed by atoms with Crippen molar-refractivity contribution in [3.05, 3.63) is 65.7 Å². The molecule has 0 aliphatic rings. The first-order chi connectivity index (χ1) is 12.3. The summed E-state index contributed by atoms with van der Waals surface area (Å²) in [5, 5.41) is 6.45. The lowest BCUT2D eigenvalue weighted by molar-refractivity contribution is 0.606. The Hall–Kier alpha value is -2.89. The van der Waals surface area contributed by atoms with Crippen molar-refractivity contribution >= 4 is 17.0 Å². The number of aliphatic imine (C=N–C) groups is 1. The van der Waals surface area contributed by atoms with E-state index in [-0.39, 0.29) is 5.82 Å². The number of guanidine groups is 1. The quantitative estimate of drug-likeness (QED) is 0.478. The van der Waals surface area contributed by atoms with Crippen molar-refractivity contribution in [2.75, 3.05) is 20.1 Å². The molecule has 0 saturated heterocycles. The summed E-state index contributed by atoms with van der Waals surface area (Å²) in [7, 11) is 1.72. The van der Waals surface area contributed by atoms with Crippen LogP contribution in [-0.2, 0) is 12.8 Å². The van der Waals surface area contributed by atoms with Crippen LogP contribution in [0.2, 0.25) is 0 Å². The highest BCUT2D eigenvalue weighted by molar-refractivity contribution is 5.79. The van der Waals surface area contributed by atoms with Gasteiger partial charge in [-0.1, -0.05) is 30.3 Å². The van der Waals surface area contributed by atoms with Crippen LogP contribution in [0.5, 0.6) is 0 Å². The number of rotatable bonds is 6. The fraction of sp³-hybridized carbons (Fsp3) is 0.263. The molecule has 3 rings (SSSR count). The highest BCUT2D eigenvalue weighted by Gasteiger charge is 2.04. The lowest BCUT2D eigenvalue weighted by atomic mass is 10.1. The second-order valence-corrected chi connectivity index (χ2v) is 5.72. The Bertz CT molecular complexity index is 823. The third-order valence-electron chi connectivity index (χ3n) is 3.96. The standard InChI is InChI=1S/C19H22FN5/c1-21-19(22-12-10-14-6-2-3-7-15(14)20)23-13-11-18-24-16-8-4-5-9-17(16)25-18/h2-9H,10-13H2,1H3,(H,24,25)(H2,21,22,23). The van der Waals surface area contributed by atoms with Crippen LogP contribution in [0.15, 0.2) is 53.5 Å². The van der Waals surface area contributed by atoms with Crippen molar-refractivity contribution in [1.82, 2.24) is 20.6 Å². The molecule has 3 aromatic rings. The van der Waals surface area contributed by atoms with E-state index < -0.39 is 0 Å². The molecule has 1 aromatic heterocycles. The van der Waals surface area contributed by atoms with E-state index in [1.54, 1.807) is 19.2 Å². The summed E-state index contributed by atoms with van der Waals surface area (Å²) in [5.41, 5.74) is 2.72. The molecule has 5 nitrogen and oxygen atoms in total. The minimum Gasteiger partial charge on any atom is -0.356 e. The number of nitrogens with one attached hydrogen (secondary N) is 3. The normalized spacial score (nSPS) is 11.7. The molecule has 0 atom stereocenters. The van der Waals surface area contributed by atoms with Crippen molar-refractivity contribution in [2.24, 2.45) is 4.99 Å². The fourth-order valence-electron chi connectivity index (χ4n) is 2.66. The summed E-state index contributed by atoms with van der Waals surface area (Å²) >= 11 is 0. The molecular weight excluding hydrogens is 317 g/mol. The SMILES string of the molecule is CN=C(NCCc1nc2ccccc2[nH]1)NCCc1ccccc1F. The highest BCUT2D eigenvalue weighted by Crippen LogP contribution is 2.10. The van der Waals surface area contributed by atoms with Crippen molar-refractivity contribution < 1.29 is 4.39 Å². The molecule has 0 bridgehead atoms. The van der Waals surface area contributed by atoms with Gasteiger partial charge < -0.3 is 15.6 Å². The number of para-hydroxylation sites is 2. The van der Waals surface area contributed by atoms with Gasteiger partial charge in [0, 0.05) is 26.6 Å². The van der Waals surface area contributed by atoms with Crippen molar-refractivity contribution in [3.8, 4) is 0 Å². The maximum atomic E-state index is 13.6. The zero-order valence-corrected chi connectivity index (χ0v) is 14.2. The number of H-pyrrole nitrogens is 1. The van der Waals surface area contributed by atoms with Crippen LogP contribution < -0.4 is 10.6 Å². The van der Waals surface area contributed by atoms with Gasteiger partial charge in [0.05, 0.1) is 11.0 Å². The summed E-state index contributed by atoms with van der Waals surface area (Å²) in [6.07, 6.45) is 1.37. The van der Waals surface area contributed by atoms with Gasteiger partial charge in [-0.25, -0.2) is 9.37 Å². The van der Waals surface area contributed by atoms with Gasteiger partial charge in [-0.3, -0.25) is 4.99 Å². The summed E-state index contributed by atoms with van der Waals surface area (Å²) < 4.78 is 13.6. The Balaban J connectivity index is 1.44. The van der Waals surface area contributed by atoms with Gasteiger partial charge in [0.15, 0.2) is 5.96 Å². The van der Waals surface area contributed by atoms with Gasteiger partial charge in [-0.05, 0) is 30.2 Å². The van der Waals surface area contributed by atoms with Gasteiger partial charge >= 0.3 is 0 Å². The van der Waals surface area contributed by atoms with E-state index in [0.717, 1.165) is 23.3 Å². The third-order valence-corrected chi connectivity index (χ3v) is 3.96. The van der Waals surface area contributed by atoms with Crippen LogP contribution in [0.3, 0.4) is 0 Å². The van der Waals surface area contributed by atoms with Gasteiger partial charge in [0.2, 0.25) is 0 Å². The summed E-state index contributed by atoms with van der Waals surface area (Å²) in [5.74, 6) is 1.47. The lowest BCUT2D eigenvalue weighted by Gasteiger charge is -2.11. The number of nitrogens with zero attached hydrogens (tertiary/aromatic N) is 2. The van der Waals surface area contributed by atoms with Crippen molar-refractivity contribution in [3.63, 3.8) is 0 Å². The van der Waals surface area contributed by atoms with E-state index in [9.17, 15) is 4.39 Å². The molecule has 0 radical (unpaired) electrons. The lowest BCUT2D eigenvalue weighted by Crippen LogP contribution is -2.39. The van der Waals surface area contributed by atoms with Gasteiger partial charge in [0.25, 0.3) is 0 Å². The highest BCUT2D eigenvalue weighted by atomic mass is 19.1. The maximum absolute atomic E-state index is 13.6. The number of hydrogen-bond donors (Lipinski definition) is 3. The first-order valence-electron chi connectivity index (χ1n) is 8.38. The molecule has 25 heavy (non-hydrogen) atoms. The number of fused-ring (bicyclic) bond motifs is 1. The molecule has 0 fully saturated rings. The van der Waals surface area contributed by atoms with E-state index in [1.807, 2.05) is 30.3 Å². The topological polar surface area (TPSA) is 65.1 Å². The molecule has 6 heteroatoms. The molecule has 3 N–H and O–H groups in total. The van der Waals surface area contributed by atoms with Crippen molar-refractivity contribution in [1.29, 1.82) is 0 Å². The van der Waals surface area contributed by atoms with Crippen LogP contribution >= 0.6 is 0 Å². The molecule has 0 aliphatic heterocycles. The molecule has 0 spiro atoms. The number of benzene rings is 2. The second kappa shape index (κ2) is 8.28. The predicted octanol–water partition coefficient (Wildman–Crippen LogP) is 2.65. The molecule has 2 aromatic carbocycles. The van der Waals surface area contributed by atoms with Crippen molar-refractivity contribution in [2.45, 2.75) is 12.8 Å². The summed E-state index contributed by atoms with van der Waals surface area (Å²) in [6.45, 7) is 1.32. The largest absolute Gasteiger partial charge is 0.356 e. The molecule has 1 heterocycles. The molecule has 0 saturated carbocycles. The fourth-order valence-corrected chi connectivity index (χ4v) is 2.66. The average molecular weight is 339 g/mol. The monoisotopic (exact) mass is 339 g/mol. The van der Waals surface area contributed by atoms with E-state index in [2.05, 4.69) is 25.6 Å². The second-order valence-electron chi connectivity index (χ2n) is 5.72. The number of aromatic nitrogens is 2. The molecule has 130 valence electrons. The number of imidazole rings is 1. The van der Waals surface area contributed by atoms with Gasteiger partial charge in [0.1, 0.15) is 11.6 Å². The van der Waals surface area contributed by atoms with Crippen LogP contribution in [0.1, 0.15) is 11.4 Å². The molecule has 0 aliphatic carbocycles. The summed E-state index contributed by atoms with van der Waals surface area (Å²) in [4.78, 5) is 12.0. The van der Waals surface area contributed by atoms with E-state index >= 15 is 0 Å². The Kier molecular flexibility index (Phi) is 5.61. The molecule has 0 amide bonds. The first-order valence-corrected chi connectivity index (χ1v) is 8.38. The Morgan fingerprint density at radius 3 is 2.52 bits per heavy atom. The van der Waals surface area contributed by atoms with E-state index in [1.165, 1.54) is 6.07 Å². The number of halogens is 1. The first kappa shape index (κ1) is 17.0. The Morgan fingerprint density at radius 2 is 1.76 bits per heavy atom. The van der Waals surface area contributed by atoms with Crippen LogP contribution in [0.25, 0.3) is 11.0 Å². The molecule has 0 unspecified atom stereocenters. The maximum Gasteiger partial charge on any atom is 0.191 e. The number of aromatic amines is 1. The summed E-state index contributed by atoms with van der Waals surface area (Å²) in [6, 6.07) is 14.8. The molecular formula is C19H22FN5. The van der Waals surface area contributed by atoms with Crippen LogP contribution in [-0.4, -0.2) is 36.1 Å². The third kappa shape index (κ3) is 4.56. The smallest absolute Gasteiger partial charge is 0.191 e.